The number of benzene rings is 2. The Morgan fingerprint density at radius 3 is 2.57 bits per heavy atom. The molecule has 0 atom stereocenters. The van der Waals surface area contributed by atoms with Crippen LogP contribution in [-0.4, -0.2) is 53.2 Å². The van der Waals surface area contributed by atoms with Crippen molar-refractivity contribution in [3.63, 3.8) is 0 Å². The van der Waals surface area contributed by atoms with Gasteiger partial charge in [-0.15, -0.1) is 0 Å². The highest BCUT2D eigenvalue weighted by Crippen LogP contribution is 2.32. The molecule has 2 heterocycles. The molecule has 1 aromatic heterocycles. The molecule has 0 unspecified atom stereocenters. The number of aromatic nitrogens is 2. The average Bonchev–Trinajstić information content (AvgIpc) is 3.15. The molecule has 1 fully saturated rings. The van der Waals surface area contributed by atoms with Crippen molar-refractivity contribution in [3.8, 4) is 0 Å². The van der Waals surface area contributed by atoms with E-state index in [1.807, 2.05) is 25.3 Å². The van der Waals surface area contributed by atoms with Crippen LogP contribution in [0.15, 0.2) is 36.5 Å². The van der Waals surface area contributed by atoms with Gasteiger partial charge in [0.2, 0.25) is 0 Å². The van der Waals surface area contributed by atoms with Crippen molar-refractivity contribution in [2.75, 3.05) is 26.8 Å². The fraction of sp³-hybridized carbons (Fsp3) is 0.400. The van der Waals surface area contributed by atoms with E-state index < -0.39 is 23.5 Å². The maximum Gasteiger partial charge on any atom is 0.419 e. The predicted molar refractivity (Wildman–Crippen MR) is 121 cm³/mol. The van der Waals surface area contributed by atoms with Gasteiger partial charge < -0.3 is 9.64 Å². The number of hydrogen-bond acceptors (Lipinski definition) is 4. The summed E-state index contributed by atoms with van der Waals surface area (Å²) in [5.74, 6) is -1.81. The Morgan fingerprint density at radius 2 is 1.91 bits per heavy atom. The van der Waals surface area contributed by atoms with Gasteiger partial charge in [0, 0.05) is 68.4 Å². The Hall–Kier alpha value is -3.27. The van der Waals surface area contributed by atoms with E-state index in [9.17, 15) is 27.2 Å². The molecular weight excluding hydrogens is 466 g/mol. The Kier molecular flexibility index (Phi) is 6.93. The molecule has 0 saturated carbocycles. The van der Waals surface area contributed by atoms with Crippen LogP contribution in [0.4, 0.5) is 17.6 Å². The first-order valence-corrected chi connectivity index (χ1v) is 11.2. The Bertz CT molecular complexity index is 1260. The lowest BCUT2D eigenvalue weighted by Crippen LogP contribution is -2.51. The number of halogens is 4. The number of Topliss-reactive ketones (excluding diaryl/α,β-unsaturated/α-hetero) is 1. The minimum atomic E-state index is -4.81. The maximum atomic E-state index is 13.8. The second-order valence-corrected chi connectivity index (χ2v) is 8.87. The lowest BCUT2D eigenvalue weighted by atomic mass is 9.98. The molecule has 1 aliphatic rings. The van der Waals surface area contributed by atoms with Crippen LogP contribution in [0.2, 0.25) is 0 Å². The van der Waals surface area contributed by atoms with Crippen molar-refractivity contribution in [3.05, 3.63) is 64.6 Å². The summed E-state index contributed by atoms with van der Waals surface area (Å²) in [5, 5.41) is 5.41. The largest absolute Gasteiger partial charge is 0.419 e. The van der Waals surface area contributed by atoms with Crippen molar-refractivity contribution in [1.82, 2.24) is 14.7 Å². The third-order valence-electron chi connectivity index (χ3n) is 6.16. The summed E-state index contributed by atoms with van der Waals surface area (Å²) < 4.78 is 58.8. The van der Waals surface area contributed by atoms with E-state index in [-0.39, 0.29) is 17.3 Å². The fourth-order valence-electron chi connectivity index (χ4n) is 4.31. The number of rotatable bonds is 8. The van der Waals surface area contributed by atoms with Crippen LogP contribution in [0.1, 0.15) is 44.7 Å². The van der Waals surface area contributed by atoms with E-state index in [0.29, 0.717) is 56.8 Å². The van der Waals surface area contributed by atoms with Crippen LogP contribution in [0.25, 0.3) is 10.9 Å². The number of carbonyl (C=O) groups excluding carboxylic acids is 2. The fourth-order valence-corrected chi connectivity index (χ4v) is 4.31. The number of amides is 1. The zero-order valence-electron chi connectivity index (χ0n) is 19.4. The summed E-state index contributed by atoms with van der Waals surface area (Å²) in [6.45, 7) is 3.72. The second-order valence-electron chi connectivity index (χ2n) is 8.87. The number of nitrogens with zero attached hydrogens (tertiary/aromatic N) is 3. The monoisotopic (exact) mass is 491 g/mol. The van der Waals surface area contributed by atoms with Crippen molar-refractivity contribution in [1.29, 1.82) is 0 Å². The van der Waals surface area contributed by atoms with Gasteiger partial charge >= 0.3 is 6.18 Å². The lowest BCUT2D eigenvalue weighted by molar-refractivity contribution is -0.140. The quantitative estimate of drug-likeness (QED) is 0.256. The number of hydrogen-bond donors (Lipinski definition) is 0. The van der Waals surface area contributed by atoms with Crippen LogP contribution in [0, 0.1) is 18.7 Å². The molecular formula is C25H25F4N3O3. The van der Waals surface area contributed by atoms with Crippen molar-refractivity contribution in [2.24, 2.45) is 5.92 Å². The van der Waals surface area contributed by atoms with Crippen LogP contribution < -0.4 is 0 Å². The summed E-state index contributed by atoms with van der Waals surface area (Å²) in [4.78, 5) is 26.5. The van der Waals surface area contributed by atoms with Crippen LogP contribution in [-0.2, 0) is 17.5 Å². The number of ether oxygens (including phenoxy) is 1. The van der Waals surface area contributed by atoms with E-state index in [1.165, 1.54) is 4.90 Å². The molecule has 0 aliphatic carbocycles. The van der Waals surface area contributed by atoms with Gasteiger partial charge in [-0.25, -0.2) is 4.39 Å². The van der Waals surface area contributed by atoms with Gasteiger partial charge in [0.15, 0.2) is 5.78 Å². The van der Waals surface area contributed by atoms with E-state index >= 15 is 0 Å². The van der Waals surface area contributed by atoms with Gasteiger partial charge in [-0.05, 0) is 49.2 Å². The molecule has 35 heavy (non-hydrogen) atoms. The molecule has 0 spiro atoms. The third-order valence-corrected chi connectivity index (χ3v) is 6.16. The number of alkyl halides is 3. The standard InChI is InChI=1S/C25H25F4N3O3/c1-15-8-22-18(9-19(15)23(33)4-3-7-35-2)14-32(30-22)13-16-11-31(12-16)24(34)17-5-6-20(21(26)10-17)25(27,28)29/h5-6,8-10,14,16H,3-4,7,11-13H2,1-2H3. The van der Waals surface area contributed by atoms with Crippen molar-refractivity contribution >= 4 is 22.6 Å². The molecule has 0 bridgehead atoms. The van der Waals surface area contributed by atoms with E-state index in [2.05, 4.69) is 5.10 Å². The van der Waals surface area contributed by atoms with Gasteiger partial charge in [-0.2, -0.15) is 18.3 Å². The molecule has 3 aromatic rings. The topological polar surface area (TPSA) is 64.4 Å². The molecule has 4 rings (SSSR count). The Morgan fingerprint density at radius 1 is 1.17 bits per heavy atom. The van der Waals surface area contributed by atoms with Crippen molar-refractivity contribution in [2.45, 2.75) is 32.5 Å². The number of aryl methyl sites for hydroxylation is 1. The summed E-state index contributed by atoms with van der Waals surface area (Å²) in [5.41, 5.74) is 0.781. The summed E-state index contributed by atoms with van der Waals surface area (Å²) in [7, 11) is 1.60. The van der Waals surface area contributed by atoms with Crippen LogP contribution in [0.3, 0.4) is 0 Å². The highest BCUT2D eigenvalue weighted by atomic mass is 19.4. The number of ketones is 1. The number of methoxy groups -OCH3 is 1. The number of fused-ring (bicyclic) bond motifs is 1. The first-order valence-electron chi connectivity index (χ1n) is 11.2. The van der Waals surface area contributed by atoms with Gasteiger partial charge in [-0.1, -0.05) is 0 Å². The first kappa shape index (κ1) is 24.8. The SMILES string of the molecule is COCCCC(=O)c1cc2cn(CC3CN(C(=O)c4ccc(C(F)(F)F)c(F)c4)C3)nc2cc1C. The summed E-state index contributed by atoms with van der Waals surface area (Å²) in [6.07, 6.45) is -1.89. The smallest absolute Gasteiger partial charge is 0.385 e. The minimum absolute atomic E-state index is 0.0575. The third kappa shape index (κ3) is 5.37. The minimum Gasteiger partial charge on any atom is -0.385 e. The van der Waals surface area contributed by atoms with Gasteiger partial charge in [0.05, 0.1) is 11.1 Å². The molecule has 2 aromatic carbocycles. The zero-order chi connectivity index (χ0) is 25.3. The zero-order valence-corrected chi connectivity index (χ0v) is 19.4. The average molecular weight is 491 g/mol. The van der Waals surface area contributed by atoms with Crippen molar-refractivity contribution < 1.29 is 31.9 Å². The molecule has 1 amide bonds. The first-order chi connectivity index (χ1) is 16.6. The molecule has 0 N–H and O–H groups in total. The van der Waals surface area contributed by atoms with E-state index in [4.69, 9.17) is 4.74 Å². The van der Waals surface area contributed by atoms with Crippen LogP contribution >= 0.6 is 0 Å². The number of likely N-dealkylation sites (tertiary alicyclic amines) is 1. The Labute approximate surface area is 199 Å². The molecule has 10 heteroatoms. The lowest BCUT2D eigenvalue weighted by Gasteiger charge is -2.39. The second kappa shape index (κ2) is 9.77. The molecule has 186 valence electrons. The normalized spacial score (nSPS) is 14.4. The predicted octanol–water partition coefficient (Wildman–Crippen LogP) is 4.88. The maximum absolute atomic E-state index is 13.8. The Balaban J connectivity index is 1.37. The van der Waals surface area contributed by atoms with Crippen LogP contribution in [0.5, 0.6) is 0 Å². The molecule has 6 nitrogen and oxygen atoms in total. The van der Waals surface area contributed by atoms with E-state index in [0.717, 1.165) is 22.5 Å². The number of carbonyl (C=O) groups is 2. The van der Waals surface area contributed by atoms with Gasteiger partial charge in [0.25, 0.3) is 5.91 Å². The summed E-state index contributed by atoms with van der Waals surface area (Å²) in [6, 6.07) is 5.95. The van der Waals surface area contributed by atoms with Gasteiger partial charge in [0.1, 0.15) is 5.82 Å². The van der Waals surface area contributed by atoms with Gasteiger partial charge in [-0.3, -0.25) is 14.3 Å². The highest BCUT2D eigenvalue weighted by molar-refractivity contribution is 6.00. The van der Waals surface area contributed by atoms with E-state index in [1.54, 1.807) is 11.8 Å². The molecule has 0 radical (unpaired) electrons. The summed E-state index contributed by atoms with van der Waals surface area (Å²) >= 11 is 0. The molecule has 1 aliphatic heterocycles. The highest BCUT2D eigenvalue weighted by Gasteiger charge is 2.36. The molecule has 1 saturated heterocycles.